The van der Waals surface area contributed by atoms with Crippen LogP contribution in [0.25, 0.3) is 0 Å². The van der Waals surface area contributed by atoms with Crippen LogP contribution in [-0.2, 0) is 11.3 Å². The van der Waals surface area contributed by atoms with E-state index < -0.39 is 6.09 Å². The number of alkyl carbamates (subject to hydrolysis) is 1. The molecule has 0 aliphatic rings. The first-order valence-corrected chi connectivity index (χ1v) is 6.01. The molecule has 1 rings (SSSR count). The van der Waals surface area contributed by atoms with Crippen molar-refractivity contribution in [2.24, 2.45) is 0 Å². The van der Waals surface area contributed by atoms with Gasteiger partial charge in [-0.25, -0.2) is 4.79 Å². The summed E-state index contributed by atoms with van der Waals surface area (Å²) in [6.07, 6.45) is -0.453. The van der Waals surface area contributed by atoms with E-state index in [-0.39, 0.29) is 12.1 Å². The quantitative estimate of drug-likeness (QED) is 0.911. The topological polar surface area (TPSA) is 56.8 Å². The van der Waals surface area contributed by atoms with Crippen molar-refractivity contribution < 1.29 is 19.0 Å². The molecule has 0 aliphatic heterocycles. The fourth-order valence-electron chi connectivity index (χ4n) is 1.46. The van der Waals surface area contributed by atoms with E-state index in [2.05, 4.69) is 5.32 Å². The lowest BCUT2D eigenvalue weighted by molar-refractivity contribution is 0.130. The van der Waals surface area contributed by atoms with Crippen molar-refractivity contribution in [3.05, 3.63) is 23.8 Å². The van der Waals surface area contributed by atoms with Crippen molar-refractivity contribution in [1.82, 2.24) is 5.32 Å². The molecule has 5 nitrogen and oxygen atoms in total. The molecule has 1 aromatic rings. The number of amides is 1. The fourth-order valence-corrected chi connectivity index (χ4v) is 1.46. The Hall–Kier alpha value is -1.91. The Balaban J connectivity index is 2.65. The molecule has 0 aliphatic carbocycles. The van der Waals surface area contributed by atoms with Crippen LogP contribution >= 0.6 is 0 Å². The van der Waals surface area contributed by atoms with Crippen LogP contribution in [0.2, 0.25) is 0 Å². The molecule has 1 aromatic carbocycles. The van der Waals surface area contributed by atoms with E-state index >= 15 is 0 Å². The molecule has 1 N–H and O–H groups in total. The molecule has 5 heteroatoms. The van der Waals surface area contributed by atoms with Crippen LogP contribution in [0.1, 0.15) is 26.3 Å². The Bertz CT molecular complexity index is 438. The maximum atomic E-state index is 11.6. The third-order valence-corrected chi connectivity index (χ3v) is 2.33. The van der Waals surface area contributed by atoms with Gasteiger partial charge in [-0.1, -0.05) is 0 Å². The van der Waals surface area contributed by atoms with E-state index in [0.29, 0.717) is 11.5 Å². The van der Waals surface area contributed by atoms with Gasteiger partial charge in [0.25, 0.3) is 0 Å². The van der Waals surface area contributed by atoms with Crippen molar-refractivity contribution in [3.8, 4) is 11.5 Å². The van der Waals surface area contributed by atoms with Gasteiger partial charge in [0.2, 0.25) is 0 Å². The Labute approximate surface area is 113 Å². The Morgan fingerprint density at radius 1 is 1.21 bits per heavy atom. The average Bonchev–Trinajstić information content (AvgIpc) is 2.34. The van der Waals surface area contributed by atoms with Gasteiger partial charge < -0.3 is 19.5 Å². The van der Waals surface area contributed by atoms with Gasteiger partial charge in [-0.3, -0.25) is 0 Å². The highest BCUT2D eigenvalue weighted by Gasteiger charge is 2.15. The predicted octanol–water partition coefficient (Wildman–Crippen LogP) is 2.73. The van der Waals surface area contributed by atoms with Crippen LogP contribution in [0, 0.1) is 0 Å². The molecule has 0 atom stereocenters. The van der Waals surface area contributed by atoms with Crippen molar-refractivity contribution in [3.63, 3.8) is 0 Å². The molecule has 0 heterocycles. The molecule has 0 bridgehead atoms. The van der Waals surface area contributed by atoms with Crippen LogP contribution in [-0.4, -0.2) is 25.9 Å². The number of hydrogen-bond acceptors (Lipinski definition) is 4. The summed E-state index contributed by atoms with van der Waals surface area (Å²) >= 11 is 0. The minimum atomic E-state index is -0.453. The Morgan fingerprint density at radius 2 is 1.89 bits per heavy atom. The third-order valence-electron chi connectivity index (χ3n) is 2.33. The molecular formula is C14H21NO4. The SMILES string of the molecule is COc1ccc(COC(=O)NC(C)(C)C)c(OC)c1. The van der Waals surface area contributed by atoms with Gasteiger partial charge in [0.15, 0.2) is 0 Å². The summed E-state index contributed by atoms with van der Waals surface area (Å²) in [6, 6.07) is 5.35. The maximum Gasteiger partial charge on any atom is 0.407 e. The summed E-state index contributed by atoms with van der Waals surface area (Å²) < 4.78 is 15.5. The molecule has 0 saturated carbocycles. The minimum absolute atomic E-state index is 0.148. The molecule has 19 heavy (non-hydrogen) atoms. The number of rotatable bonds is 4. The third kappa shape index (κ3) is 5.07. The molecule has 0 unspecified atom stereocenters. The largest absolute Gasteiger partial charge is 0.497 e. The zero-order valence-electron chi connectivity index (χ0n) is 12.1. The van der Waals surface area contributed by atoms with Gasteiger partial charge in [0.1, 0.15) is 18.1 Å². The molecule has 0 spiro atoms. The first kappa shape index (κ1) is 15.1. The first-order chi connectivity index (χ1) is 8.85. The van der Waals surface area contributed by atoms with E-state index in [1.54, 1.807) is 26.4 Å². The van der Waals surface area contributed by atoms with Crippen LogP contribution in [0.3, 0.4) is 0 Å². The van der Waals surface area contributed by atoms with Crippen LogP contribution in [0.15, 0.2) is 18.2 Å². The minimum Gasteiger partial charge on any atom is -0.497 e. The van der Waals surface area contributed by atoms with Crippen molar-refractivity contribution >= 4 is 6.09 Å². The number of carbonyl (C=O) groups excluding carboxylic acids is 1. The number of hydrogen-bond donors (Lipinski definition) is 1. The van der Waals surface area contributed by atoms with Crippen LogP contribution < -0.4 is 14.8 Å². The molecule has 0 saturated heterocycles. The summed E-state index contributed by atoms with van der Waals surface area (Å²) in [5.41, 5.74) is 0.466. The molecular weight excluding hydrogens is 246 g/mol. The number of carbonyl (C=O) groups is 1. The second-order valence-electron chi connectivity index (χ2n) is 5.13. The summed E-state index contributed by atoms with van der Waals surface area (Å²) in [6.45, 7) is 5.82. The van der Waals surface area contributed by atoms with E-state index in [1.807, 2.05) is 26.8 Å². The van der Waals surface area contributed by atoms with E-state index in [9.17, 15) is 4.79 Å². The Kier molecular flexibility index (Phi) is 5.03. The van der Waals surface area contributed by atoms with Crippen molar-refractivity contribution in [1.29, 1.82) is 0 Å². The Morgan fingerprint density at radius 3 is 2.42 bits per heavy atom. The second kappa shape index (κ2) is 6.31. The standard InChI is InChI=1S/C14H21NO4/c1-14(2,3)15-13(16)19-9-10-6-7-11(17-4)8-12(10)18-5/h6-8H,9H2,1-5H3,(H,15,16). The van der Waals surface area contributed by atoms with Gasteiger partial charge in [-0.2, -0.15) is 0 Å². The molecule has 0 radical (unpaired) electrons. The average molecular weight is 267 g/mol. The molecule has 0 aromatic heterocycles. The van der Waals surface area contributed by atoms with Crippen molar-refractivity contribution in [2.75, 3.05) is 14.2 Å². The van der Waals surface area contributed by atoms with Crippen LogP contribution in [0.4, 0.5) is 4.79 Å². The predicted molar refractivity (Wildman–Crippen MR) is 72.6 cm³/mol. The highest BCUT2D eigenvalue weighted by Crippen LogP contribution is 2.25. The molecule has 1 amide bonds. The van der Waals surface area contributed by atoms with Crippen LogP contribution in [0.5, 0.6) is 11.5 Å². The smallest absolute Gasteiger partial charge is 0.407 e. The zero-order chi connectivity index (χ0) is 14.5. The van der Waals surface area contributed by atoms with Gasteiger partial charge in [0, 0.05) is 17.2 Å². The summed E-state index contributed by atoms with van der Waals surface area (Å²) in [4.78, 5) is 11.6. The highest BCUT2D eigenvalue weighted by atomic mass is 16.5. The molecule has 106 valence electrons. The van der Waals surface area contributed by atoms with Gasteiger partial charge in [-0.15, -0.1) is 0 Å². The lowest BCUT2D eigenvalue weighted by Gasteiger charge is -2.20. The normalized spacial score (nSPS) is 10.8. The summed E-state index contributed by atoms with van der Waals surface area (Å²) in [7, 11) is 3.15. The fraction of sp³-hybridized carbons (Fsp3) is 0.500. The lowest BCUT2D eigenvalue weighted by atomic mass is 10.1. The van der Waals surface area contributed by atoms with Gasteiger partial charge in [0.05, 0.1) is 14.2 Å². The van der Waals surface area contributed by atoms with Gasteiger partial charge in [-0.05, 0) is 32.9 Å². The lowest BCUT2D eigenvalue weighted by Crippen LogP contribution is -2.40. The maximum absolute atomic E-state index is 11.6. The summed E-state index contributed by atoms with van der Waals surface area (Å²) in [5.74, 6) is 1.32. The molecule has 0 fully saturated rings. The van der Waals surface area contributed by atoms with Crippen molar-refractivity contribution in [2.45, 2.75) is 32.9 Å². The highest BCUT2D eigenvalue weighted by molar-refractivity contribution is 5.68. The van der Waals surface area contributed by atoms with E-state index in [4.69, 9.17) is 14.2 Å². The number of ether oxygens (including phenoxy) is 3. The number of benzene rings is 1. The number of nitrogens with one attached hydrogen (secondary N) is 1. The van der Waals surface area contributed by atoms with E-state index in [1.165, 1.54) is 0 Å². The monoisotopic (exact) mass is 267 g/mol. The van der Waals surface area contributed by atoms with Gasteiger partial charge >= 0.3 is 6.09 Å². The van der Waals surface area contributed by atoms with E-state index in [0.717, 1.165) is 5.56 Å². The first-order valence-electron chi connectivity index (χ1n) is 6.01. The zero-order valence-corrected chi connectivity index (χ0v) is 12.1. The summed E-state index contributed by atoms with van der Waals surface area (Å²) in [5, 5.41) is 2.72. The number of methoxy groups -OCH3 is 2. The second-order valence-corrected chi connectivity index (χ2v) is 5.13.